The van der Waals surface area contributed by atoms with Crippen LogP contribution in [-0.2, 0) is 0 Å². The van der Waals surface area contributed by atoms with Crippen LogP contribution in [0.5, 0.6) is 0 Å². The Hall–Kier alpha value is 0.507. The van der Waals surface area contributed by atoms with E-state index in [0.717, 1.165) is 5.92 Å². The monoisotopic (exact) mass is 206 g/mol. The fourth-order valence-corrected chi connectivity index (χ4v) is 4.15. The standard InChI is InChI=1S/C10H23ClSi/c1-5-7-8-10(6-2)9-12(3,4)11/h10H,5-9H2,1-4H3. The highest BCUT2D eigenvalue weighted by Gasteiger charge is 2.21. The summed E-state index contributed by atoms with van der Waals surface area (Å²) in [4.78, 5) is 0. The Morgan fingerprint density at radius 2 is 1.83 bits per heavy atom. The number of hydrogen-bond donors (Lipinski definition) is 0. The van der Waals surface area contributed by atoms with E-state index >= 15 is 0 Å². The molecule has 12 heavy (non-hydrogen) atoms. The Balaban J connectivity index is 3.67. The third-order valence-corrected chi connectivity index (χ3v) is 4.33. The summed E-state index contributed by atoms with van der Waals surface area (Å²) < 4.78 is 0. The summed E-state index contributed by atoms with van der Waals surface area (Å²) in [7, 11) is -1.32. The first-order valence-corrected chi connectivity index (χ1v) is 9.40. The van der Waals surface area contributed by atoms with Crippen LogP contribution in [0.1, 0.15) is 39.5 Å². The van der Waals surface area contributed by atoms with E-state index in [9.17, 15) is 0 Å². The van der Waals surface area contributed by atoms with Gasteiger partial charge in [-0.2, -0.15) is 11.1 Å². The van der Waals surface area contributed by atoms with Gasteiger partial charge in [-0.25, -0.2) is 0 Å². The van der Waals surface area contributed by atoms with E-state index in [-0.39, 0.29) is 0 Å². The van der Waals surface area contributed by atoms with Gasteiger partial charge < -0.3 is 0 Å². The lowest BCUT2D eigenvalue weighted by Crippen LogP contribution is -2.20. The van der Waals surface area contributed by atoms with Crippen molar-refractivity contribution in [1.29, 1.82) is 0 Å². The molecule has 0 nitrogen and oxygen atoms in total. The predicted molar refractivity (Wildman–Crippen MR) is 61.4 cm³/mol. The van der Waals surface area contributed by atoms with Crippen LogP contribution in [0.3, 0.4) is 0 Å². The zero-order chi connectivity index (χ0) is 9.61. The van der Waals surface area contributed by atoms with Crippen LogP contribution in [0.25, 0.3) is 0 Å². The van der Waals surface area contributed by atoms with Crippen molar-refractivity contribution in [2.45, 2.75) is 58.7 Å². The first-order chi connectivity index (χ1) is 5.49. The van der Waals surface area contributed by atoms with Gasteiger partial charge in [0.25, 0.3) is 0 Å². The van der Waals surface area contributed by atoms with Crippen molar-refractivity contribution < 1.29 is 0 Å². The molecule has 0 aromatic rings. The Labute approximate surface area is 83.4 Å². The molecule has 0 aliphatic carbocycles. The summed E-state index contributed by atoms with van der Waals surface area (Å²) >= 11 is 6.32. The van der Waals surface area contributed by atoms with Gasteiger partial charge in [0.15, 0.2) is 7.38 Å². The SMILES string of the molecule is CCCCC(CC)C[Si](C)(C)Cl. The van der Waals surface area contributed by atoms with Gasteiger partial charge in [0, 0.05) is 0 Å². The Morgan fingerprint density at radius 3 is 2.17 bits per heavy atom. The third-order valence-electron chi connectivity index (χ3n) is 2.32. The van der Waals surface area contributed by atoms with E-state index in [1.165, 1.54) is 31.7 Å². The van der Waals surface area contributed by atoms with Gasteiger partial charge in [0.1, 0.15) is 0 Å². The van der Waals surface area contributed by atoms with E-state index < -0.39 is 7.38 Å². The minimum atomic E-state index is -1.32. The molecule has 0 spiro atoms. The predicted octanol–water partition coefficient (Wildman–Crippen LogP) is 4.65. The van der Waals surface area contributed by atoms with Gasteiger partial charge >= 0.3 is 0 Å². The summed E-state index contributed by atoms with van der Waals surface area (Å²) in [6.07, 6.45) is 5.39. The van der Waals surface area contributed by atoms with Gasteiger partial charge in [0.2, 0.25) is 0 Å². The molecule has 0 amide bonds. The molecule has 1 unspecified atom stereocenters. The number of rotatable bonds is 6. The van der Waals surface area contributed by atoms with Gasteiger partial charge in [0.05, 0.1) is 0 Å². The number of unbranched alkanes of at least 4 members (excludes halogenated alkanes) is 1. The maximum absolute atomic E-state index is 6.32. The summed E-state index contributed by atoms with van der Waals surface area (Å²) in [5.41, 5.74) is 0. The van der Waals surface area contributed by atoms with Gasteiger partial charge in [-0.15, -0.1) is 0 Å². The minimum Gasteiger partial charge on any atom is -0.168 e. The van der Waals surface area contributed by atoms with E-state index in [1.807, 2.05) is 0 Å². The normalized spacial score (nSPS) is 14.8. The number of halogens is 1. The second-order valence-electron chi connectivity index (χ2n) is 4.34. The van der Waals surface area contributed by atoms with Crippen molar-refractivity contribution in [2.24, 2.45) is 5.92 Å². The fourth-order valence-electron chi connectivity index (χ4n) is 1.63. The van der Waals surface area contributed by atoms with Crippen LogP contribution in [0.2, 0.25) is 19.1 Å². The zero-order valence-electron chi connectivity index (χ0n) is 8.99. The first-order valence-electron chi connectivity index (χ1n) is 5.18. The highest BCUT2D eigenvalue weighted by Crippen LogP contribution is 2.26. The number of hydrogen-bond acceptors (Lipinski definition) is 0. The van der Waals surface area contributed by atoms with Crippen molar-refractivity contribution in [3.8, 4) is 0 Å². The van der Waals surface area contributed by atoms with Crippen LogP contribution < -0.4 is 0 Å². The maximum Gasteiger partial charge on any atom is 0.150 e. The Bertz CT molecular complexity index is 107. The van der Waals surface area contributed by atoms with Crippen molar-refractivity contribution in [2.75, 3.05) is 0 Å². The molecule has 0 N–H and O–H groups in total. The quantitative estimate of drug-likeness (QED) is 0.439. The van der Waals surface area contributed by atoms with E-state index in [2.05, 4.69) is 26.9 Å². The Morgan fingerprint density at radius 1 is 1.25 bits per heavy atom. The summed E-state index contributed by atoms with van der Waals surface area (Å²) in [5, 5.41) is 0. The van der Waals surface area contributed by atoms with E-state index in [1.54, 1.807) is 0 Å². The molecule has 0 aliphatic heterocycles. The molecule has 0 heterocycles. The molecular formula is C10H23ClSi. The molecule has 0 fully saturated rings. The fraction of sp³-hybridized carbons (Fsp3) is 1.00. The molecule has 0 aromatic carbocycles. The lowest BCUT2D eigenvalue weighted by Gasteiger charge is -2.21. The first kappa shape index (κ1) is 12.5. The zero-order valence-corrected chi connectivity index (χ0v) is 10.7. The molecule has 2 heteroatoms. The molecule has 74 valence electrons. The van der Waals surface area contributed by atoms with Gasteiger partial charge in [-0.1, -0.05) is 52.6 Å². The van der Waals surface area contributed by atoms with Crippen molar-refractivity contribution in [1.82, 2.24) is 0 Å². The molecule has 0 saturated carbocycles. The van der Waals surface area contributed by atoms with Crippen LogP contribution in [0.4, 0.5) is 0 Å². The van der Waals surface area contributed by atoms with Crippen LogP contribution in [0.15, 0.2) is 0 Å². The average molecular weight is 207 g/mol. The molecule has 0 aliphatic rings. The second kappa shape index (κ2) is 6.04. The van der Waals surface area contributed by atoms with E-state index in [4.69, 9.17) is 11.1 Å². The second-order valence-corrected chi connectivity index (χ2v) is 11.3. The van der Waals surface area contributed by atoms with E-state index in [0.29, 0.717) is 0 Å². The minimum absolute atomic E-state index is 0.893. The molecule has 0 aromatic heterocycles. The lowest BCUT2D eigenvalue weighted by atomic mass is 10.0. The van der Waals surface area contributed by atoms with Gasteiger partial charge in [-0.05, 0) is 12.0 Å². The molecular weight excluding hydrogens is 184 g/mol. The average Bonchev–Trinajstić information content (AvgIpc) is 1.95. The summed E-state index contributed by atoms with van der Waals surface area (Å²) in [6.45, 7) is 9.06. The summed E-state index contributed by atoms with van der Waals surface area (Å²) in [6, 6.07) is 1.30. The van der Waals surface area contributed by atoms with Crippen molar-refractivity contribution in [3.63, 3.8) is 0 Å². The molecule has 0 radical (unpaired) electrons. The highest BCUT2D eigenvalue weighted by atomic mass is 35.6. The summed E-state index contributed by atoms with van der Waals surface area (Å²) in [5.74, 6) is 0.893. The van der Waals surface area contributed by atoms with Crippen molar-refractivity contribution in [3.05, 3.63) is 0 Å². The van der Waals surface area contributed by atoms with Crippen molar-refractivity contribution >= 4 is 18.5 Å². The van der Waals surface area contributed by atoms with Gasteiger partial charge in [-0.3, -0.25) is 0 Å². The molecule has 1 atom stereocenters. The largest absolute Gasteiger partial charge is 0.168 e. The topological polar surface area (TPSA) is 0 Å². The van der Waals surface area contributed by atoms with Crippen LogP contribution in [0, 0.1) is 5.92 Å². The lowest BCUT2D eigenvalue weighted by molar-refractivity contribution is 0.487. The molecule has 0 rings (SSSR count). The maximum atomic E-state index is 6.32. The smallest absolute Gasteiger partial charge is 0.150 e. The Kier molecular flexibility index (Phi) is 6.29. The highest BCUT2D eigenvalue weighted by molar-refractivity contribution is 7.19. The van der Waals surface area contributed by atoms with Crippen LogP contribution in [-0.4, -0.2) is 7.38 Å². The van der Waals surface area contributed by atoms with Crippen LogP contribution >= 0.6 is 11.1 Å². The molecule has 0 bridgehead atoms. The third kappa shape index (κ3) is 7.17. The molecule has 0 saturated heterocycles.